The number of nitrogens with zero attached hydrogens (tertiary/aromatic N) is 6. The SMILES string of the molecule is CCn1nccc1C(=O)N1CCC(c2nc(-c3cccn3C)no2)C1. The number of aryl methyl sites for hydroxylation is 2. The van der Waals surface area contributed by atoms with Gasteiger partial charge < -0.3 is 14.0 Å². The number of likely N-dealkylation sites (tertiary alicyclic amines) is 1. The largest absolute Gasteiger partial charge is 0.348 e. The van der Waals surface area contributed by atoms with Crippen LogP contribution in [-0.2, 0) is 13.6 Å². The van der Waals surface area contributed by atoms with E-state index in [0.29, 0.717) is 37.0 Å². The lowest BCUT2D eigenvalue weighted by molar-refractivity contribution is 0.0777. The molecular formula is C17H20N6O2. The van der Waals surface area contributed by atoms with Crippen LogP contribution in [0.3, 0.4) is 0 Å². The third-order valence-electron chi connectivity index (χ3n) is 4.67. The van der Waals surface area contributed by atoms with Crippen molar-refractivity contribution in [2.45, 2.75) is 25.8 Å². The highest BCUT2D eigenvalue weighted by Gasteiger charge is 2.32. The molecule has 0 N–H and O–H groups in total. The van der Waals surface area contributed by atoms with Crippen molar-refractivity contribution in [3.05, 3.63) is 42.2 Å². The summed E-state index contributed by atoms with van der Waals surface area (Å²) in [6.07, 6.45) is 4.42. The second kappa shape index (κ2) is 6.19. The molecule has 3 aromatic heterocycles. The van der Waals surface area contributed by atoms with Crippen molar-refractivity contribution in [1.29, 1.82) is 0 Å². The van der Waals surface area contributed by atoms with Crippen LogP contribution in [0.4, 0.5) is 0 Å². The minimum absolute atomic E-state index is 0.00373. The minimum atomic E-state index is 0.00373. The zero-order valence-corrected chi connectivity index (χ0v) is 14.3. The Morgan fingerprint density at radius 1 is 1.40 bits per heavy atom. The number of rotatable bonds is 4. The van der Waals surface area contributed by atoms with Gasteiger partial charge in [-0.15, -0.1) is 0 Å². The van der Waals surface area contributed by atoms with Crippen molar-refractivity contribution in [2.24, 2.45) is 7.05 Å². The fourth-order valence-corrected chi connectivity index (χ4v) is 3.27. The molecule has 3 aromatic rings. The summed E-state index contributed by atoms with van der Waals surface area (Å²) in [6.45, 7) is 3.91. The first kappa shape index (κ1) is 15.6. The molecule has 1 unspecified atom stereocenters. The van der Waals surface area contributed by atoms with Crippen molar-refractivity contribution < 1.29 is 9.32 Å². The van der Waals surface area contributed by atoms with E-state index in [9.17, 15) is 4.79 Å². The molecule has 0 saturated carbocycles. The van der Waals surface area contributed by atoms with Gasteiger partial charge in [-0.1, -0.05) is 5.16 Å². The summed E-state index contributed by atoms with van der Waals surface area (Å²) in [7, 11) is 1.94. The van der Waals surface area contributed by atoms with E-state index < -0.39 is 0 Å². The number of aromatic nitrogens is 5. The molecule has 1 aliphatic rings. The molecule has 1 fully saturated rings. The molecule has 4 rings (SSSR count). The zero-order chi connectivity index (χ0) is 17.4. The molecule has 8 nitrogen and oxygen atoms in total. The van der Waals surface area contributed by atoms with E-state index in [1.54, 1.807) is 16.9 Å². The normalized spacial score (nSPS) is 17.4. The first-order chi connectivity index (χ1) is 12.2. The van der Waals surface area contributed by atoms with Gasteiger partial charge in [0.25, 0.3) is 5.91 Å². The Morgan fingerprint density at radius 3 is 3.04 bits per heavy atom. The maximum absolute atomic E-state index is 12.7. The van der Waals surface area contributed by atoms with Crippen LogP contribution < -0.4 is 0 Å². The molecule has 1 atom stereocenters. The topological polar surface area (TPSA) is 82.0 Å². The molecule has 1 aliphatic heterocycles. The predicted octanol–water partition coefficient (Wildman–Crippen LogP) is 1.92. The van der Waals surface area contributed by atoms with Crippen LogP contribution in [-0.4, -0.2) is 48.4 Å². The minimum Gasteiger partial charge on any atom is -0.348 e. The number of carbonyl (C=O) groups excluding carboxylic acids is 1. The monoisotopic (exact) mass is 340 g/mol. The molecule has 0 spiro atoms. The van der Waals surface area contributed by atoms with Crippen molar-refractivity contribution in [3.63, 3.8) is 0 Å². The Balaban J connectivity index is 1.49. The zero-order valence-electron chi connectivity index (χ0n) is 14.3. The lowest BCUT2D eigenvalue weighted by Crippen LogP contribution is -2.30. The van der Waals surface area contributed by atoms with Gasteiger partial charge in [0.15, 0.2) is 0 Å². The Labute approximate surface area is 145 Å². The summed E-state index contributed by atoms with van der Waals surface area (Å²) in [6, 6.07) is 5.66. The maximum atomic E-state index is 12.7. The van der Waals surface area contributed by atoms with Gasteiger partial charge in [0, 0.05) is 39.1 Å². The van der Waals surface area contributed by atoms with Gasteiger partial charge in [-0.25, -0.2) is 0 Å². The van der Waals surface area contributed by atoms with E-state index in [2.05, 4.69) is 15.2 Å². The summed E-state index contributed by atoms with van der Waals surface area (Å²) < 4.78 is 9.13. The van der Waals surface area contributed by atoms with Crippen molar-refractivity contribution in [3.8, 4) is 11.5 Å². The Bertz CT molecular complexity index is 892. The molecule has 1 amide bonds. The number of hydrogen-bond donors (Lipinski definition) is 0. The summed E-state index contributed by atoms with van der Waals surface area (Å²) in [5.41, 5.74) is 1.53. The first-order valence-corrected chi connectivity index (χ1v) is 8.43. The predicted molar refractivity (Wildman–Crippen MR) is 89.9 cm³/mol. The van der Waals surface area contributed by atoms with Crippen molar-refractivity contribution in [1.82, 2.24) is 29.4 Å². The van der Waals surface area contributed by atoms with Crippen LogP contribution in [0.2, 0.25) is 0 Å². The average Bonchev–Trinajstić information content (AvgIpc) is 3.38. The Morgan fingerprint density at radius 2 is 2.28 bits per heavy atom. The molecule has 0 aliphatic carbocycles. The summed E-state index contributed by atoms with van der Waals surface area (Å²) >= 11 is 0. The lowest BCUT2D eigenvalue weighted by Gasteiger charge is -2.16. The van der Waals surface area contributed by atoms with E-state index in [1.807, 2.05) is 41.8 Å². The number of amides is 1. The number of carbonyl (C=O) groups is 1. The molecule has 130 valence electrons. The highest BCUT2D eigenvalue weighted by molar-refractivity contribution is 5.92. The molecule has 0 radical (unpaired) electrons. The lowest BCUT2D eigenvalue weighted by atomic mass is 10.1. The van der Waals surface area contributed by atoms with Gasteiger partial charge in [0.2, 0.25) is 11.7 Å². The van der Waals surface area contributed by atoms with Gasteiger partial charge in [0.1, 0.15) is 5.69 Å². The fourth-order valence-electron chi connectivity index (χ4n) is 3.27. The van der Waals surface area contributed by atoms with Crippen LogP contribution in [0.15, 0.2) is 35.1 Å². The molecule has 8 heteroatoms. The van der Waals surface area contributed by atoms with Gasteiger partial charge in [-0.05, 0) is 31.5 Å². The highest BCUT2D eigenvalue weighted by atomic mass is 16.5. The van der Waals surface area contributed by atoms with Gasteiger partial charge in [0.05, 0.1) is 11.6 Å². The standard InChI is InChI=1S/C17H20N6O2/c1-3-23-14(6-8-18-23)17(24)22-10-7-12(11-22)16-19-15(20-25-16)13-5-4-9-21(13)2/h4-6,8-9,12H,3,7,10-11H2,1-2H3. The summed E-state index contributed by atoms with van der Waals surface area (Å²) in [5, 5.41) is 8.26. The van der Waals surface area contributed by atoms with Crippen LogP contribution in [0, 0.1) is 0 Å². The summed E-state index contributed by atoms with van der Waals surface area (Å²) in [4.78, 5) is 19.1. The van der Waals surface area contributed by atoms with Gasteiger partial charge in [-0.2, -0.15) is 10.1 Å². The van der Waals surface area contributed by atoms with Crippen molar-refractivity contribution in [2.75, 3.05) is 13.1 Å². The third-order valence-corrected chi connectivity index (χ3v) is 4.67. The maximum Gasteiger partial charge on any atom is 0.272 e. The molecule has 4 heterocycles. The Kier molecular flexibility index (Phi) is 3.87. The summed E-state index contributed by atoms with van der Waals surface area (Å²) in [5.74, 6) is 1.25. The average molecular weight is 340 g/mol. The molecule has 0 aromatic carbocycles. The van der Waals surface area contributed by atoms with Gasteiger partial charge in [-0.3, -0.25) is 9.48 Å². The van der Waals surface area contributed by atoms with E-state index in [4.69, 9.17) is 4.52 Å². The Hall–Kier alpha value is -2.90. The quantitative estimate of drug-likeness (QED) is 0.725. The van der Waals surface area contributed by atoms with E-state index in [1.165, 1.54) is 0 Å². The van der Waals surface area contributed by atoms with Gasteiger partial charge >= 0.3 is 0 Å². The van der Waals surface area contributed by atoms with Crippen LogP contribution in [0.1, 0.15) is 35.6 Å². The van der Waals surface area contributed by atoms with Crippen LogP contribution >= 0.6 is 0 Å². The molecular weight excluding hydrogens is 320 g/mol. The van der Waals surface area contributed by atoms with E-state index in [0.717, 1.165) is 12.1 Å². The number of hydrogen-bond acceptors (Lipinski definition) is 5. The molecule has 1 saturated heterocycles. The van der Waals surface area contributed by atoms with Crippen LogP contribution in [0.5, 0.6) is 0 Å². The molecule has 0 bridgehead atoms. The van der Waals surface area contributed by atoms with Crippen LogP contribution in [0.25, 0.3) is 11.5 Å². The fraction of sp³-hybridized carbons (Fsp3) is 0.412. The molecule has 25 heavy (non-hydrogen) atoms. The first-order valence-electron chi connectivity index (χ1n) is 8.43. The smallest absolute Gasteiger partial charge is 0.272 e. The van der Waals surface area contributed by atoms with E-state index in [-0.39, 0.29) is 11.8 Å². The second-order valence-electron chi connectivity index (χ2n) is 6.23. The second-order valence-corrected chi connectivity index (χ2v) is 6.23. The van der Waals surface area contributed by atoms with Crippen molar-refractivity contribution >= 4 is 5.91 Å². The van der Waals surface area contributed by atoms with E-state index >= 15 is 0 Å². The highest BCUT2D eigenvalue weighted by Crippen LogP contribution is 2.28. The third kappa shape index (κ3) is 2.73.